The maximum absolute atomic E-state index is 13.5. The van der Waals surface area contributed by atoms with Crippen LogP contribution in [0.1, 0.15) is 80.8 Å². The molecule has 330 valence electrons. The van der Waals surface area contributed by atoms with Crippen LogP contribution >= 0.6 is 21.6 Å². The summed E-state index contributed by atoms with van der Waals surface area (Å²) in [5.74, 6) is -6.79. The third kappa shape index (κ3) is 18.0. The average Bonchev–Trinajstić information content (AvgIpc) is 3.21. The number of carbonyl (C=O) groups is 7. The second-order valence-electron chi connectivity index (χ2n) is 13.8. The predicted octanol–water partition coefficient (Wildman–Crippen LogP) is 1.42. The number of carbonyl (C=O) groups excluding carboxylic acids is 5. The molecule has 0 spiro atoms. The number of carboxylic acids is 2. The van der Waals surface area contributed by atoms with Gasteiger partial charge in [0.15, 0.2) is 22.9 Å². The number of hydrogen-bond acceptors (Lipinski definition) is 16. The SMILES string of the molecule is CCC(=O)CCSSC[C@H](CC(=O)[C@H](CC(=O)O)NC(=O)[C@H](CCCN=C(N)N)CC(=O)CCCNC(=O)c1ccc(NCc2cnc3nc(N)[nH]c(=O)c3n2)cc1)C(=O)O. The molecule has 0 saturated heterocycles. The van der Waals surface area contributed by atoms with E-state index in [9.17, 15) is 48.6 Å². The number of hydrogen-bond donors (Lipinski definition) is 9. The lowest BCUT2D eigenvalue weighted by Gasteiger charge is -2.22. The van der Waals surface area contributed by atoms with Crippen LogP contribution in [-0.2, 0) is 35.3 Å². The summed E-state index contributed by atoms with van der Waals surface area (Å²) in [7, 11) is 2.47. The number of benzene rings is 1. The van der Waals surface area contributed by atoms with Crippen LogP contribution in [0.25, 0.3) is 11.2 Å². The number of nitrogens with one attached hydrogen (secondary N) is 4. The summed E-state index contributed by atoms with van der Waals surface area (Å²) in [5, 5.41) is 27.6. The monoisotopic (exact) mass is 885 g/mol. The molecular weight excluding hydrogens is 835 g/mol. The highest BCUT2D eigenvalue weighted by molar-refractivity contribution is 8.76. The van der Waals surface area contributed by atoms with Crippen LogP contribution in [0.2, 0.25) is 0 Å². The number of nitrogens with two attached hydrogens (primary N) is 3. The summed E-state index contributed by atoms with van der Waals surface area (Å²) in [6, 6.07) is 5.00. The molecule has 0 bridgehead atoms. The Morgan fingerprint density at radius 1 is 0.918 bits per heavy atom. The van der Waals surface area contributed by atoms with Gasteiger partial charge < -0.3 is 43.4 Å². The molecule has 0 aliphatic heterocycles. The van der Waals surface area contributed by atoms with Gasteiger partial charge in [-0.25, -0.2) is 9.97 Å². The first-order valence-electron chi connectivity index (χ1n) is 19.3. The fraction of sp³-hybridized carbons (Fsp3) is 0.474. The lowest BCUT2D eigenvalue weighted by atomic mass is 9.92. The molecule has 2 aromatic heterocycles. The van der Waals surface area contributed by atoms with Crippen LogP contribution in [0, 0.1) is 11.8 Å². The Morgan fingerprint density at radius 3 is 2.33 bits per heavy atom. The molecular formula is C38H51N11O10S2. The van der Waals surface area contributed by atoms with Crippen LogP contribution in [-0.4, -0.2) is 108 Å². The van der Waals surface area contributed by atoms with Crippen molar-refractivity contribution >= 4 is 91.4 Å². The number of anilines is 2. The number of aliphatic imine (C=N–C) groups is 1. The molecule has 0 fully saturated rings. The third-order valence-corrected chi connectivity index (χ3v) is 11.5. The van der Waals surface area contributed by atoms with Crippen LogP contribution in [0.4, 0.5) is 11.6 Å². The lowest BCUT2D eigenvalue weighted by Crippen LogP contribution is -2.46. The van der Waals surface area contributed by atoms with E-state index < -0.39 is 59.9 Å². The second kappa shape index (κ2) is 25.5. The molecule has 0 aliphatic carbocycles. The van der Waals surface area contributed by atoms with Gasteiger partial charge >= 0.3 is 11.9 Å². The molecule has 0 unspecified atom stereocenters. The highest BCUT2D eigenvalue weighted by atomic mass is 33.1. The Labute approximate surface area is 358 Å². The summed E-state index contributed by atoms with van der Waals surface area (Å²) in [6.45, 7) is 2.25. The van der Waals surface area contributed by atoms with E-state index in [1.807, 2.05) is 0 Å². The van der Waals surface area contributed by atoms with Crippen molar-refractivity contribution in [2.24, 2.45) is 28.3 Å². The minimum Gasteiger partial charge on any atom is -0.481 e. The predicted molar refractivity (Wildman–Crippen MR) is 230 cm³/mol. The number of carboxylic acid groups (broad SMARTS) is 2. The summed E-state index contributed by atoms with van der Waals surface area (Å²) in [6.07, 6.45) is 1.20. The van der Waals surface area contributed by atoms with Gasteiger partial charge in [0.1, 0.15) is 11.6 Å². The van der Waals surface area contributed by atoms with Gasteiger partial charge in [-0.2, -0.15) is 4.98 Å². The molecule has 0 radical (unpaired) electrons. The highest BCUT2D eigenvalue weighted by Crippen LogP contribution is 2.27. The molecule has 21 nitrogen and oxygen atoms in total. The quantitative estimate of drug-likeness (QED) is 0.0206. The summed E-state index contributed by atoms with van der Waals surface area (Å²) in [4.78, 5) is 118. The van der Waals surface area contributed by atoms with Gasteiger partial charge in [-0.15, -0.1) is 0 Å². The third-order valence-electron chi connectivity index (χ3n) is 8.97. The number of aliphatic carboxylic acids is 2. The first-order chi connectivity index (χ1) is 29.1. The lowest BCUT2D eigenvalue weighted by molar-refractivity contribution is -0.144. The van der Waals surface area contributed by atoms with E-state index in [2.05, 4.69) is 40.9 Å². The maximum atomic E-state index is 13.5. The van der Waals surface area contributed by atoms with E-state index in [4.69, 9.17) is 17.2 Å². The topological polar surface area (TPSA) is 358 Å². The Balaban J connectivity index is 1.52. The minimum absolute atomic E-state index is 0.00609. The largest absolute Gasteiger partial charge is 0.481 e. The fourth-order valence-electron chi connectivity index (χ4n) is 5.66. The van der Waals surface area contributed by atoms with Gasteiger partial charge in [0.05, 0.1) is 36.8 Å². The molecule has 2 heterocycles. The van der Waals surface area contributed by atoms with Crippen LogP contribution in [0.3, 0.4) is 0 Å². The number of ketones is 3. The van der Waals surface area contributed by atoms with E-state index >= 15 is 0 Å². The Morgan fingerprint density at radius 2 is 1.66 bits per heavy atom. The molecule has 23 heteroatoms. The molecule has 3 atom stereocenters. The normalized spacial score (nSPS) is 12.4. The summed E-state index contributed by atoms with van der Waals surface area (Å²) in [5.41, 5.74) is 17.5. The number of aromatic amines is 1. The summed E-state index contributed by atoms with van der Waals surface area (Å²) >= 11 is 0. The first kappa shape index (κ1) is 49.3. The number of guanidine groups is 1. The van der Waals surface area contributed by atoms with E-state index in [1.165, 1.54) is 27.8 Å². The fourth-order valence-corrected chi connectivity index (χ4v) is 7.99. The van der Waals surface area contributed by atoms with Crippen molar-refractivity contribution in [3.8, 4) is 0 Å². The van der Waals surface area contributed by atoms with Crippen molar-refractivity contribution in [2.75, 3.05) is 35.6 Å². The Bertz CT molecular complexity index is 2110. The molecule has 2 amide bonds. The van der Waals surface area contributed by atoms with E-state index in [1.54, 1.807) is 31.2 Å². The van der Waals surface area contributed by atoms with Crippen LogP contribution < -0.4 is 38.7 Å². The average molecular weight is 886 g/mol. The number of aromatic nitrogens is 4. The van der Waals surface area contributed by atoms with Crippen molar-refractivity contribution in [1.29, 1.82) is 0 Å². The first-order valence-corrected chi connectivity index (χ1v) is 21.8. The number of H-pyrrole nitrogens is 1. The number of amides is 2. The second-order valence-corrected chi connectivity index (χ2v) is 16.4. The van der Waals surface area contributed by atoms with Gasteiger partial charge in [-0.3, -0.25) is 48.3 Å². The molecule has 12 N–H and O–H groups in total. The molecule has 3 aromatic rings. The number of rotatable bonds is 29. The molecule has 1 aromatic carbocycles. The van der Waals surface area contributed by atoms with Crippen molar-refractivity contribution in [2.45, 2.75) is 77.3 Å². The van der Waals surface area contributed by atoms with Gasteiger partial charge in [-0.05, 0) is 43.5 Å². The highest BCUT2D eigenvalue weighted by Gasteiger charge is 2.31. The molecule has 0 aliphatic rings. The Hall–Kier alpha value is -6.10. The number of fused-ring (bicyclic) bond motifs is 1. The van der Waals surface area contributed by atoms with Gasteiger partial charge in [0, 0.05) is 73.9 Å². The zero-order valence-corrected chi connectivity index (χ0v) is 35.1. The summed E-state index contributed by atoms with van der Waals surface area (Å²) < 4.78 is 0. The van der Waals surface area contributed by atoms with Crippen LogP contribution in [0.5, 0.6) is 0 Å². The van der Waals surface area contributed by atoms with E-state index in [-0.39, 0.29) is 98.0 Å². The number of nitrogens with zero attached hydrogens (tertiary/aromatic N) is 4. The van der Waals surface area contributed by atoms with E-state index in [0.29, 0.717) is 35.5 Å². The van der Waals surface area contributed by atoms with E-state index in [0.717, 1.165) is 0 Å². The molecule has 3 rings (SSSR count). The number of nitrogen functional groups attached to an aromatic ring is 1. The zero-order valence-electron chi connectivity index (χ0n) is 33.5. The van der Waals surface area contributed by atoms with Crippen molar-refractivity contribution < 1.29 is 43.8 Å². The number of Topliss-reactive ketones (excluding diaryl/α,β-unsaturated/α-hetero) is 3. The Kier molecular flexibility index (Phi) is 20.6. The maximum Gasteiger partial charge on any atom is 0.307 e. The standard InChI is InChI=1S/C38H51N11O10S2/c1-2-26(50)11-14-60-61-20-23(36(58)59)16-29(52)28(17-30(53)54)47-34(56)22(5-3-13-43-37(39)40)15-27(51)6-4-12-42-33(55)21-7-9-24(10-8-21)44-18-25-19-45-32-31(46-25)35(57)49-38(41)48-32/h7-10,19,22-23,28,44H,2-6,11-18,20H2,1H3,(H,42,55)(H,47,56)(H,53,54)(H,58,59)(H4,39,40,43)(H3,41,45,48,49,57)/t22-,23+,28+/m1/s1. The van der Waals surface area contributed by atoms with Gasteiger partial charge in [-0.1, -0.05) is 28.5 Å². The van der Waals surface area contributed by atoms with Gasteiger partial charge in [0.2, 0.25) is 11.9 Å². The van der Waals surface area contributed by atoms with Crippen molar-refractivity contribution in [1.82, 2.24) is 30.6 Å². The van der Waals surface area contributed by atoms with Crippen LogP contribution in [0.15, 0.2) is 40.2 Å². The minimum atomic E-state index is -1.55. The van der Waals surface area contributed by atoms with Crippen molar-refractivity contribution in [3.05, 3.63) is 52.1 Å². The molecule has 0 saturated carbocycles. The molecule has 61 heavy (non-hydrogen) atoms. The van der Waals surface area contributed by atoms with Gasteiger partial charge in [0.25, 0.3) is 11.5 Å². The smallest absolute Gasteiger partial charge is 0.307 e. The van der Waals surface area contributed by atoms with Crippen molar-refractivity contribution in [3.63, 3.8) is 0 Å². The zero-order chi connectivity index (χ0) is 44.9.